The SMILES string of the molecule is [NH3+]CC(=O)Nc1ccccc1NC(=O)CCCCCC(=O)Nc1cccc(Br)c1. The van der Waals surface area contributed by atoms with Gasteiger partial charge in [-0.05, 0) is 43.2 Å². The fraction of sp³-hybridized carbons (Fsp3) is 0.286. The number of para-hydroxylation sites is 2. The number of rotatable bonds is 10. The maximum atomic E-state index is 12.2. The van der Waals surface area contributed by atoms with Gasteiger partial charge in [-0.1, -0.05) is 40.5 Å². The first-order valence-corrected chi connectivity index (χ1v) is 10.3. The van der Waals surface area contributed by atoms with Crippen molar-refractivity contribution in [2.75, 3.05) is 22.5 Å². The number of amides is 3. The van der Waals surface area contributed by atoms with Crippen molar-refractivity contribution in [3.8, 4) is 0 Å². The zero-order valence-corrected chi connectivity index (χ0v) is 17.8. The maximum absolute atomic E-state index is 12.2. The molecule has 0 radical (unpaired) electrons. The Morgan fingerprint density at radius 1 is 0.759 bits per heavy atom. The molecule has 2 rings (SSSR count). The van der Waals surface area contributed by atoms with E-state index in [1.807, 2.05) is 24.3 Å². The van der Waals surface area contributed by atoms with Crippen molar-refractivity contribution < 1.29 is 20.1 Å². The number of carbonyl (C=O) groups excluding carboxylic acids is 3. The Balaban J connectivity index is 1.67. The molecule has 0 spiro atoms. The summed E-state index contributed by atoms with van der Waals surface area (Å²) in [5.74, 6) is -0.379. The first kappa shape index (κ1) is 22.6. The van der Waals surface area contributed by atoms with E-state index >= 15 is 0 Å². The van der Waals surface area contributed by atoms with Gasteiger partial charge in [-0.2, -0.15) is 0 Å². The molecule has 0 saturated heterocycles. The Kier molecular flexibility index (Phi) is 9.33. The minimum absolute atomic E-state index is 0.0392. The molecule has 0 aliphatic carbocycles. The van der Waals surface area contributed by atoms with Crippen molar-refractivity contribution in [1.29, 1.82) is 0 Å². The predicted octanol–water partition coefficient (Wildman–Crippen LogP) is 3.16. The zero-order chi connectivity index (χ0) is 21.1. The summed E-state index contributed by atoms with van der Waals surface area (Å²) < 4.78 is 0.911. The predicted molar refractivity (Wildman–Crippen MR) is 117 cm³/mol. The highest BCUT2D eigenvalue weighted by atomic mass is 79.9. The van der Waals surface area contributed by atoms with Crippen molar-refractivity contribution in [1.82, 2.24) is 0 Å². The van der Waals surface area contributed by atoms with Crippen LogP contribution in [-0.2, 0) is 14.4 Å². The van der Waals surface area contributed by atoms with E-state index in [-0.39, 0.29) is 24.3 Å². The molecule has 0 aliphatic heterocycles. The number of carbonyl (C=O) groups is 3. The van der Waals surface area contributed by atoms with Gasteiger partial charge in [-0.15, -0.1) is 0 Å². The topological polar surface area (TPSA) is 115 Å². The lowest BCUT2D eigenvalue weighted by atomic mass is 10.1. The van der Waals surface area contributed by atoms with Crippen LogP contribution >= 0.6 is 15.9 Å². The summed E-state index contributed by atoms with van der Waals surface area (Å²) in [6.07, 6.45) is 2.94. The molecule has 0 aromatic heterocycles. The van der Waals surface area contributed by atoms with E-state index in [2.05, 4.69) is 37.6 Å². The normalized spacial score (nSPS) is 10.3. The smallest absolute Gasteiger partial charge is 0.279 e. The van der Waals surface area contributed by atoms with Gasteiger partial charge in [0.1, 0.15) is 0 Å². The number of benzene rings is 2. The minimum atomic E-state index is -0.215. The molecule has 3 amide bonds. The highest BCUT2D eigenvalue weighted by molar-refractivity contribution is 9.10. The molecule has 0 fully saturated rings. The number of hydrogen-bond donors (Lipinski definition) is 4. The number of hydrogen-bond acceptors (Lipinski definition) is 3. The van der Waals surface area contributed by atoms with E-state index in [1.165, 1.54) is 0 Å². The van der Waals surface area contributed by atoms with Crippen LogP contribution in [-0.4, -0.2) is 24.3 Å². The molecular weight excluding hydrogens is 436 g/mol. The van der Waals surface area contributed by atoms with Gasteiger partial charge in [0.05, 0.1) is 11.4 Å². The van der Waals surface area contributed by atoms with Gasteiger partial charge in [0, 0.05) is 23.0 Å². The van der Waals surface area contributed by atoms with E-state index in [0.717, 1.165) is 16.6 Å². The molecule has 29 heavy (non-hydrogen) atoms. The monoisotopic (exact) mass is 461 g/mol. The molecule has 154 valence electrons. The molecule has 0 unspecified atom stereocenters. The Morgan fingerprint density at radius 3 is 1.93 bits per heavy atom. The summed E-state index contributed by atoms with van der Waals surface area (Å²) in [4.78, 5) is 35.7. The Labute approximate surface area is 178 Å². The molecule has 8 heteroatoms. The average Bonchev–Trinajstić information content (AvgIpc) is 2.69. The van der Waals surface area contributed by atoms with E-state index in [1.54, 1.807) is 24.3 Å². The van der Waals surface area contributed by atoms with Gasteiger partial charge < -0.3 is 21.7 Å². The second-order valence-electron chi connectivity index (χ2n) is 6.51. The number of nitrogens with one attached hydrogen (secondary N) is 3. The van der Waals surface area contributed by atoms with Gasteiger partial charge in [-0.3, -0.25) is 14.4 Å². The summed E-state index contributed by atoms with van der Waals surface area (Å²) >= 11 is 3.37. The molecule has 2 aromatic rings. The number of unbranched alkanes of at least 4 members (excludes halogenated alkanes) is 2. The molecular formula is C21H26BrN4O3+. The van der Waals surface area contributed by atoms with Gasteiger partial charge in [-0.25, -0.2) is 0 Å². The molecule has 7 nitrogen and oxygen atoms in total. The molecule has 0 aliphatic rings. The Bertz CT molecular complexity index is 857. The number of quaternary nitrogens is 1. The van der Waals surface area contributed by atoms with Crippen LogP contribution in [0.1, 0.15) is 32.1 Å². The largest absolute Gasteiger partial charge is 0.350 e. The van der Waals surface area contributed by atoms with Crippen molar-refractivity contribution in [3.63, 3.8) is 0 Å². The molecule has 6 N–H and O–H groups in total. The van der Waals surface area contributed by atoms with Crippen molar-refractivity contribution in [3.05, 3.63) is 53.0 Å². The highest BCUT2D eigenvalue weighted by Gasteiger charge is 2.09. The second-order valence-corrected chi connectivity index (χ2v) is 7.43. The highest BCUT2D eigenvalue weighted by Crippen LogP contribution is 2.21. The number of anilines is 3. The minimum Gasteiger partial charge on any atom is -0.350 e. The van der Waals surface area contributed by atoms with Crippen molar-refractivity contribution in [2.24, 2.45) is 0 Å². The summed E-state index contributed by atoms with van der Waals surface area (Å²) in [6.45, 7) is 0.122. The third kappa shape index (κ3) is 8.45. The molecule has 2 aromatic carbocycles. The molecule has 0 saturated carbocycles. The van der Waals surface area contributed by atoms with Crippen LogP contribution in [0.15, 0.2) is 53.0 Å². The fourth-order valence-corrected chi connectivity index (χ4v) is 3.06. The van der Waals surface area contributed by atoms with Gasteiger partial charge in [0.15, 0.2) is 6.54 Å². The van der Waals surface area contributed by atoms with Gasteiger partial charge >= 0.3 is 0 Å². The van der Waals surface area contributed by atoms with Gasteiger partial charge in [0.25, 0.3) is 5.91 Å². The van der Waals surface area contributed by atoms with Crippen LogP contribution in [0.3, 0.4) is 0 Å². The van der Waals surface area contributed by atoms with Crippen LogP contribution in [0.4, 0.5) is 17.1 Å². The lowest BCUT2D eigenvalue weighted by Gasteiger charge is -2.11. The summed E-state index contributed by atoms with van der Waals surface area (Å²) in [7, 11) is 0. The Hall–Kier alpha value is -2.71. The molecule has 0 atom stereocenters. The maximum Gasteiger partial charge on any atom is 0.279 e. The van der Waals surface area contributed by atoms with E-state index in [0.29, 0.717) is 37.1 Å². The molecule has 0 heterocycles. The van der Waals surface area contributed by atoms with Crippen LogP contribution in [0, 0.1) is 0 Å². The first-order valence-electron chi connectivity index (χ1n) is 9.51. The quantitative estimate of drug-likeness (QED) is 0.407. The zero-order valence-electron chi connectivity index (χ0n) is 16.2. The lowest BCUT2D eigenvalue weighted by Crippen LogP contribution is -2.55. The summed E-state index contributed by atoms with van der Waals surface area (Å²) in [5, 5.41) is 8.39. The lowest BCUT2D eigenvalue weighted by molar-refractivity contribution is -0.353. The summed E-state index contributed by atoms with van der Waals surface area (Å²) in [6, 6.07) is 14.5. The van der Waals surface area contributed by atoms with E-state index in [9.17, 15) is 14.4 Å². The second kappa shape index (κ2) is 12.0. The van der Waals surface area contributed by atoms with Crippen molar-refractivity contribution >= 4 is 50.7 Å². The van der Waals surface area contributed by atoms with Gasteiger partial charge in [0.2, 0.25) is 11.8 Å². The number of halogens is 1. The summed E-state index contributed by atoms with van der Waals surface area (Å²) in [5.41, 5.74) is 5.41. The van der Waals surface area contributed by atoms with Crippen LogP contribution < -0.4 is 21.7 Å². The molecule has 0 bridgehead atoms. The fourth-order valence-electron chi connectivity index (χ4n) is 2.66. The Morgan fingerprint density at radius 2 is 1.34 bits per heavy atom. The van der Waals surface area contributed by atoms with Crippen LogP contribution in [0.25, 0.3) is 0 Å². The average molecular weight is 462 g/mol. The third-order valence-electron chi connectivity index (χ3n) is 4.12. The van der Waals surface area contributed by atoms with Crippen LogP contribution in [0.5, 0.6) is 0 Å². The standard InChI is InChI=1S/C21H25BrN4O3/c22-15-7-6-8-16(13-15)24-19(27)11-2-1-3-12-20(28)25-17-9-4-5-10-18(17)26-21(29)14-23/h4-10,13H,1-3,11-12,14,23H2,(H,24,27)(H,25,28)(H,26,29)/p+1. The van der Waals surface area contributed by atoms with E-state index < -0.39 is 0 Å². The third-order valence-corrected chi connectivity index (χ3v) is 4.61. The first-order chi connectivity index (χ1) is 14.0. The van der Waals surface area contributed by atoms with Crippen molar-refractivity contribution in [2.45, 2.75) is 32.1 Å². The van der Waals surface area contributed by atoms with Crippen LogP contribution in [0.2, 0.25) is 0 Å². The van der Waals surface area contributed by atoms with E-state index in [4.69, 9.17) is 0 Å².